The lowest BCUT2D eigenvalue weighted by Gasteiger charge is -2.33. The van der Waals surface area contributed by atoms with Gasteiger partial charge in [-0.1, -0.05) is 18.2 Å². The molecule has 3 atom stereocenters. The number of aryl methyl sites for hydroxylation is 1. The lowest BCUT2D eigenvalue weighted by atomic mass is 9.99. The van der Waals surface area contributed by atoms with Gasteiger partial charge in [0.05, 0.1) is 18.1 Å². The van der Waals surface area contributed by atoms with Gasteiger partial charge in [0, 0.05) is 24.8 Å². The molecule has 2 aliphatic rings. The average Bonchev–Trinajstić information content (AvgIpc) is 2.83. The molecule has 1 aromatic carbocycles. The maximum Gasteiger partial charge on any atom is 0.322 e. The summed E-state index contributed by atoms with van der Waals surface area (Å²) in [6, 6.07) is 7.67. The summed E-state index contributed by atoms with van der Waals surface area (Å²) in [6.45, 7) is 6.83. The van der Waals surface area contributed by atoms with E-state index in [1.165, 1.54) is 0 Å². The van der Waals surface area contributed by atoms with E-state index < -0.39 is 0 Å². The predicted molar refractivity (Wildman–Crippen MR) is 91.8 cm³/mol. The Morgan fingerprint density at radius 2 is 2.00 bits per heavy atom. The number of amides is 3. The molecule has 2 N–H and O–H groups in total. The van der Waals surface area contributed by atoms with Crippen molar-refractivity contribution in [2.24, 2.45) is 5.92 Å². The number of nitrogens with one attached hydrogen (secondary N) is 2. The highest BCUT2D eigenvalue weighted by atomic mass is 16.5. The van der Waals surface area contributed by atoms with E-state index in [0.29, 0.717) is 19.5 Å². The third kappa shape index (κ3) is 3.53. The molecule has 0 aliphatic carbocycles. The number of morpholine rings is 1. The Labute approximate surface area is 142 Å². The molecule has 0 aromatic heterocycles. The first kappa shape index (κ1) is 16.8. The molecule has 2 bridgehead atoms. The fourth-order valence-electron chi connectivity index (χ4n) is 3.40. The monoisotopic (exact) mass is 331 g/mol. The predicted octanol–water partition coefficient (Wildman–Crippen LogP) is 2.14. The summed E-state index contributed by atoms with van der Waals surface area (Å²) in [5, 5.41) is 5.91. The zero-order valence-electron chi connectivity index (χ0n) is 14.4. The molecule has 3 amide bonds. The highest BCUT2D eigenvalue weighted by molar-refractivity contribution is 5.90. The Morgan fingerprint density at radius 1 is 1.25 bits per heavy atom. The van der Waals surface area contributed by atoms with Gasteiger partial charge in [-0.2, -0.15) is 0 Å². The molecule has 0 spiro atoms. The largest absolute Gasteiger partial charge is 0.370 e. The van der Waals surface area contributed by atoms with E-state index in [1.54, 1.807) is 4.90 Å². The minimum atomic E-state index is -0.217. The molecule has 0 radical (unpaired) electrons. The van der Waals surface area contributed by atoms with Crippen molar-refractivity contribution in [2.75, 3.05) is 18.4 Å². The van der Waals surface area contributed by atoms with Crippen molar-refractivity contribution >= 4 is 17.6 Å². The molecular formula is C18H25N3O3. The van der Waals surface area contributed by atoms with E-state index in [-0.39, 0.29) is 36.1 Å². The number of hydrogen-bond acceptors (Lipinski definition) is 3. The molecule has 6 nitrogen and oxygen atoms in total. The van der Waals surface area contributed by atoms with Crippen LogP contribution in [-0.4, -0.2) is 48.2 Å². The van der Waals surface area contributed by atoms with Gasteiger partial charge in [0.25, 0.3) is 0 Å². The van der Waals surface area contributed by atoms with Gasteiger partial charge in [-0.15, -0.1) is 0 Å². The second-order valence-corrected chi connectivity index (χ2v) is 6.95. The molecule has 2 aliphatic heterocycles. The number of anilines is 1. The van der Waals surface area contributed by atoms with Crippen LogP contribution in [0.15, 0.2) is 24.3 Å². The lowest BCUT2D eigenvalue weighted by Crippen LogP contribution is -2.49. The maximum atomic E-state index is 12.6. The molecule has 2 saturated heterocycles. The molecule has 1 aromatic rings. The highest BCUT2D eigenvalue weighted by Gasteiger charge is 2.45. The number of urea groups is 1. The summed E-state index contributed by atoms with van der Waals surface area (Å²) < 4.78 is 5.88. The van der Waals surface area contributed by atoms with Gasteiger partial charge in [0.2, 0.25) is 5.91 Å². The maximum absolute atomic E-state index is 12.6. The third-order valence-electron chi connectivity index (χ3n) is 4.60. The number of likely N-dealkylation sites (tertiary alicyclic amines) is 1. The second-order valence-electron chi connectivity index (χ2n) is 6.95. The number of ether oxygens (including phenoxy) is 1. The Hall–Kier alpha value is -2.08. The average molecular weight is 331 g/mol. The second kappa shape index (κ2) is 6.81. The minimum Gasteiger partial charge on any atom is -0.370 e. The minimum absolute atomic E-state index is 0.0265. The molecule has 2 heterocycles. The van der Waals surface area contributed by atoms with E-state index in [0.717, 1.165) is 11.3 Å². The lowest BCUT2D eigenvalue weighted by molar-refractivity contribution is -0.128. The van der Waals surface area contributed by atoms with Crippen molar-refractivity contribution < 1.29 is 14.3 Å². The molecule has 3 rings (SSSR count). The number of carbonyl (C=O) groups is 2. The number of fused-ring (bicyclic) bond motifs is 2. The van der Waals surface area contributed by atoms with Gasteiger partial charge in [0.15, 0.2) is 0 Å². The van der Waals surface area contributed by atoms with Crippen molar-refractivity contribution in [3.8, 4) is 0 Å². The van der Waals surface area contributed by atoms with Crippen molar-refractivity contribution in [2.45, 2.75) is 45.4 Å². The molecule has 6 heteroatoms. The van der Waals surface area contributed by atoms with Gasteiger partial charge in [-0.25, -0.2) is 4.79 Å². The van der Waals surface area contributed by atoms with E-state index in [4.69, 9.17) is 4.74 Å². The van der Waals surface area contributed by atoms with E-state index >= 15 is 0 Å². The van der Waals surface area contributed by atoms with E-state index in [1.807, 2.05) is 45.0 Å². The summed E-state index contributed by atoms with van der Waals surface area (Å²) in [5.74, 6) is -0.146. The van der Waals surface area contributed by atoms with Crippen molar-refractivity contribution in [1.82, 2.24) is 10.2 Å². The van der Waals surface area contributed by atoms with Crippen molar-refractivity contribution in [3.05, 3.63) is 29.8 Å². The standard InChI is InChI=1S/C18H25N3O3/c1-11(2)19-17(22)14-8-13-9-21(10-16(14)24-13)18(23)20-15-7-5-4-6-12(15)3/h4-7,11,13-14,16H,8-10H2,1-3H3,(H,19,22)(H,20,23)/t13-,14+,16-/m1/s1. The van der Waals surface area contributed by atoms with Crippen LogP contribution in [0.2, 0.25) is 0 Å². The van der Waals surface area contributed by atoms with Crippen molar-refractivity contribution in [1.29, 1.82) is 0 Å². The molecule has 0 saturated carbocycles. The highest BCUT2D eigenvalue weighted by Crippen LogP contribution is 2.32. The molecule has 2 fully saturated rings. The van der Waals surface area contributed by atoms with Crippen LogP contribution < -0.4 is 10.6 Å². The van der Waals surface area contributed by atoms with Gasteiger partial charge in [-0.3, -0.25) is 4.79 Å². The Balaban J connectivity index is 1.63. The van der Waals surface area contributed by atoms with E-state index in [2.05, 4.69) is 10.6 Å². The van der Waals surface area contributed by atoms with Gasteiger partial charge >= 0.3 is 6.03 Å². The van der Waals surface area contributed by atoms with Crippen molar-refractivity contribution in [3.63, 3.8) is 0 Å². The molecular weight excluding hydrogens is 306 g/mol. The quantitative estimate of drug-likeness (QED) is 0.891. The first-order valence-corrected chi connectivity index (χ1v) is 8.51. The zero-order chi connectivity index (χ0) is 17.3. The van der Waals surface area contributed by atoms with E-state index in [9.17, 15) is 9.59 Å². The van der Waals surface area contributed by atoms with Crippen LogP contribution >= 0.6 is 0 Å². The van der Waals surface area contributed by atoms with Crippen LogP contribution in [-0.2, 0) is 9.53 Å². The number of nitrogens with zero attached hydrogens (tertiary/aromatic N) is 1. The number of hydrogen-bond donors (Lipinski definition) is 2. The molecule has 0 unspecified atom stereocenters. The smallest absolute Gasteiger partial charge is 0.322 e. The first-order valence-electron chi connectivity index (χ1n) is 8.51. The fourth-order valence-corrected chi connectivity index (χ4v) is 3.40. The van der Waals surface area contributed by atoms with Crippen LogP contribution in [0, 0.1) is 12.8 Å². The number of rotatable bonds is 3. The van der Waals surface area contributed by atoms with Crippen LogP contribution in [0.3, 0.4) is 0 Å². The summed E-state index contributed by atoms with van der Waals surface area (Å²) in [7, 11) is 0. The Morgan fingerprint density at radius 3 is 2.71 bits per heavy atom. The third-order valence-corrected chi connectivity index (χ3v) is 4.60. The van der Waals surface area contributed by atoms with Gasteiger partial charge in [0.1, 0.15) is 0 Å². The normalized spacial score (nSPS) is 25.7. The van der Waals surface area contributed by atoms with Gasteiger partial charge < -0.3 is 20.3 Å². The fraction of sp³-hybridized carbons (Fsp3) is 0.556. The van der Waals surface area contributed by atoms with Crippen LogP contribution in [0.4, 0.5) is 10.5 Å². The summed E-state index contributed by atoms with van der Waals surface area (Å²) in [6.07, 6.45) is 0.400. The number of carbonyl (C=O) groups excluding carboxylic acids is 2. The summed E-state index contributed by atoms with van der Waals surface area (Å²) >= 11 is 0. The molecule has 130 valence electrons. The summed E-state index contributed by atoms with van der Waals surface area (Å²) in [4.78, 5) is 26.6. The SMILES string of the molecule is Cc1ccccc1NC(=O)N1C[C@H]2C[C@H](C(=O)NC(C)C)[C@@H](C1)O2. The first-order chi connectivity index (χ1) is 11.4. The zero-order valence-corrected chi connectivity index (χ0v) is 14.4. The number of para-hydroxylation sites is 1. The Bertz CT molecular complexity index is 632. The number of benzene rings is 1. The van der Waals surface area contributed by atoms with Crippen LogP contribution in [0.5, 0.6) is 0 Å². The summed E-state index contributed by atoms with van der Waals surface area (Å²) in [5.41, 5.74) is 1.84. The van der Waals surface area contributed by atoms with Gasteiger partial charge in [-0.05, 0) is 38.8 Å². The van der Waals surface area contributed by atoms with Crippen LogP contribution in [0.1, 0.15) is 25.8 Å². The topological polar surface area (TPSA) is 70.7 Å². The van der Waals surface area contributed by atoms with Crippen LogP contribution in [0.25, 0.3) is 0 Å². The molecule has 24 heavy (non-hydrogen) atoms. The Kier molecular flexibility index (Phi) is 4.76.